The molecule has 1 amide bonds. The number of piperidine rings is 1. The van der Waals surface area contributed by atoms with E-state index in [0.717, 1.165) is 0 Å². The molecule has 2 saturated heterocycles. The van der Waals surface area contributed by atoms with Gasteiger partial charge in [0.2, 0.25) is 0 Å². The van der Waals surface area contributed by atoms with Crippen LogP contribution < -0.4 is 0 Å². The van der Waals surface area contributed by atoms with Crippen molar-refractivity contribution in [3.8, 4) is 5.69 Å². The van der Waals surface area contributed by atoms with Gasteiger partial charge in [-0.05, 0) is 30.3 Å². The van der Waals surface area contributed by atoms with Gasteiger partial charge in [-0.2, -0.15) is 0 Å². The summed E-state index contributed by atoms with van der Waals surface area (Å²) in [5.41, 5.74) is 1.05. The molecule has 5 nitrogen and oxygen atoms in total. The highest BCUT2D eigenvalue weighted by molar-refractivity contribution is 5.98. The van der Waals surface area contributed by atoms with Crippen molar-refractivity contribution < 1.29 is 18.7 Å². The summed E-state index contributed by atoms with van der Waals surface area (Å²) in [5, 5.41) is 0. The Labute approximate surface area is 139 Å². The summed E-state index contributed by atoms with van der Waals surface area (Å²) in [6.45, 7) is 2.30. The van der Waals surface area contributed by atoms with Crippen molar-refractivity contribution in [2.45, 2.75) is 18.6 Å². The second kappa shape index (κ2) is 6.03. The van der Waals surface area contributed by atoms with E-state index in [1.54, 1.807) is 11.0 Å². The quantitative estimate of drug-likeness (QED) is 0.850. The van der Waals surface area contributed by atoms with Gasteiger partial charge in [0.25, 0.3) is 5.91 Å². The van der Waals surface area contributed by atoms with Crippen molar-refractivity contribution in [3.63, 3.8) is 0 Å². The molecule has 6 heteroatoms. The highest BCUT2D eigenvalue weighted by Crippen LogP contribution is 2.32. The average Bonchev–Trinajstić information content (AvgIpc) is 3.27. The van der Waals surface area contributed by atoms with E-state index >= 15 is 0 Å². The van der Waals surface area contributed by atoms with Crippen LogP contribution in [0.15, 0.2) is 42.7 Å². The van der Waals surface area contributed by atoms with E-state index in [0.29, 0.717) is 50.4 Å². The summed E-state index contributed by atoms with van der Waals surface area (Å²) < 4.78 is 26.9. The zero-order valence-corrected chi connectivity index (χ0v) is 13.3. The molecule has 0 atom stereocenters. The molecule has 3 heterocycles. The van der Waals surface area contributed by atoms with Crippen molar-refractivity contribution in [1.29, 1.82) is 0 Å². The molecule has 0 unspecified atom stereocenters. The fourth-order valence-electron chi connectivity index (χ4n) is 3.41. The SMILES string of the molecule is O=C(c1cc(F)ccc1-n1cccc1)N1CCC2(CC1)OCCO2. The van der Waals surface area contributed by atoms with Gasteiger partial charge < -0.3 is 18.9 Å². The van der Waals surface area contributed by atoms with Crippen LogP contribution in [0.5, 0.6) is 0 Å². The van der Waals surface area contributed by atoms with E-state index < -0.39 is 11.6 Å². The molecule has 2 aromatic rings. The molecule has 2 aliphatic rings. The first kappa shape index (κ1) is 15.4. The Balaban J connectivity index is 1.58. The summed E-state index contributed by atoms with van der Waals surface area (Å²) in [5.74, 6) is -1.10. The van der Waals surface area contributed by atoms with Gasteiger partial charge in [-0.15, -0.1) is 0 Å². The lowest BCUT2D eigenvalue weighted by atomic mass is 10.0. The Hall–Kier alpha value is -2.18. The summed E-state index contributed by atoms with van der Waals surface area (Å²) in [7, 11) is 0. The minimum Gasteiger partial charge on any atom is -0.347 e. The van der Waals surface area contributed by atoms with Crippen LogP contribution in [0.3, 0.4) is 0 Å². The van der Waals surface area contributed by atoms with E-state index in [4.69, 9.17) is 9.47 Å². The number of hydrogen-bond acceptors (Lipinski definition) is 3. The molecule has 2 aliphatic heterocycles. The molecule has 0 N–H and O–H groups in total. The molecule has 0 bridgehead atoms. The third kappa shape index (κ3) is 2.72. The molecule has 0 radical (unpaired) electrons. The lowest BCUT2D eigenvalue weighted by molar-refractivity contribution is -0.181. The summed E-state index contributed by atoms with van der Waals surface area (Å²) in [4.78, 5) is 14.7. The number of aromatic nitrogens is 1. The molecule has 24 heavy (non-hydrogen) atoms. The van der Waals surface area contributed by atoms with Crippen LogP contribution in [0.4, 0.5) is 4.39 Å². The fraction of sp³-hybridized carbons (Fsp3) is 0.389. The van der Waals surface area contributed by atoms with Gasteiger partial charge in [0, 0.05) is 38.3 Å². The minimum atomic E-state index is -0.526. The molecular weight excluding hydrogens is 311 g/mol. The monoisotopic (exact) mass is 330 g/mol. The van der Waals surface area contributed by atoms with Crippen LogP contribution >= 0.6 is 0 Å². The Morgan fingerprint density at radius 1 is 1.08 bits per heavy atom. The molecule has 1 aromatic carbocycles. The number of rotatable bonds is 2. The van der Waals surface area contributed by atoms with E-state index in [1.165, 1.54) is 12.1 Å². The van der Waals surface area contributed by atoms with Gasteiger partial charge in [0.1, 0.15) is 5.82 Å². The maximum Gasteiger partial charge on any atom is 0.256 e. The van der Waals surface area contributed by atoms with Crippen LogP contribution in [0.25, 0.3) is 5.69 Å². The molecular formula is C18H19FN2O3. The Morgan fingerprint density at radius 3 is 2.42 bits per heavy atom. The summed E-state index contributed by atoms with van der Waals surface area (Å²) >= 11 is 0. The number of carbonyl (C=O) groups is 1. The van der Waals surface area contributed by atoms with Crippen LogP contribution in [0, 0.1) is 5.82 Å². The topological polar surface area (TPSA) is 43.7 Å². The third-order valence-corrected chi connectivity index (χ3v) is 4.70. The lowest BCUT2D eigenvalue weighted by Crippen LogP contribution is -2.47. The van der Waals surface area contributed by atoms with Crippen molar-refractivity contribution in [3.05, 3.63) is 54.1 Å². The molecule has 1 spiro atoms. The Morgan fingerprint density at radius 2 is 1.75 bits per heavy atom. The standard InChI is InChI=1S/C18H19FN2O3/c19-14-3-4-16(20-7-1-2-8-20)15(13-14)17(22)21-9-5-18(6-10-21)23-11-12-24-18/h1-4,7-8,13H,5-6,9-12H2. The van der Waals surface area contributed by atoms with E-state index in [2.05, 4.69) is 0 Å². The minimum absolute atomic E-state index is 0.161. The third-order valence-electron chi connectivity index (χ3n) is 4.70. The molecule has 2 fully saturated rings. The second-order valence-electron chi connectivity index (χ2n) is 6.15. The van der Waals surface area contributed by atoms with Crippen LogP contribution in [0.1, 0.15) is 23.2 Å². The zero-order valence-electron chi connectivity index (χ0n) is 13.3. The van der Waals surface area contributed by atoms with Crippen molar-refractivity contribution in [2.75, 3.05) is 26.3 Å². The Kier molecular flexibility index (Phi) is 3.86. The lowest BCUT2D eigenvalue weighted by Gasteiger charge is -2.37. The van der Waals surface area contributed by atoms with Crippen molar-refractivity contribution in [2.24, 2.45) is 0 Å². The predicted octanol–water partition coefficient (Wildman–Crippen LogP) is 2.60. The highest BCUT2D eigenvalue weighted by Gasteiger charge is 2.41. The number of halogens is 1. The van der Waals surface area contributed by atoms with Gasteiger partial charge in [-0.1, -0.05) is 0 Å². The van der Waals surface area contributed by atoms with E-state index in [1.807, 2.05) is 29.1 Å². The number of hydrogen-bond donors (Lipinski definition) is 0. The number of amides is 1. The maximum absolute atomic E-state index is 13.7. The van der Waals surface area contributed by atoms with Gasteiger partial charge in [-0.3, -0.25) is 4.79 Å². The zero-order chi connectivity index (χ0) is 16.6. The smallest absolute Gasteiger partial charge is 0.256 e. The first-order valence-corrected chi connectivity index (χ1v) is 8.17. The van der Waals surface area contributed by atoms with Gasteiger partial charge in [0.05, 0.1) is 24.5 Å². The highest BCUT2D eigenvalue weighted by atomic mass is 19.1. The van der Waals surface area contributed by atoms with E-state index in [-0.39, 0.29) is 5.91 Å². The first-order chi connectivity index (χ1) is 11.7. The van der Waals surface area contributed by atoms with Gasteiger partial charge in [-0.25, -0.2) is 4.39 Å². The summed E-state index contributed by atoms with van der Waals surface area (Å²) in [6, 6.07) is 8.06. The molecule has 4 rings (SSSR count). The van der Waals surface area contributed by atoms with Crippen LogP contribution in [0.2, 0.25) is 0 Å². The second-order valence-corrected chi connectivity index (χ2v) is 6.15. The first-order valence-electron chi connectivity index (χ1n) is 8.17. The van der Waals surface area contributed by atoms with E-state index in [9.17, 15) is 9.18 Å². The largest absolute Gasteiger partial charge is 0.347 e. The van der Waals surface area contributed by atoms with Gasteiger partial charge in [0.15, 0.2) is 5.79 Å². The van der Waals surface area contributed by atoms with Crippen molar-refractivity contribution >= 4 is 5.91 Å². The maximum atomic E-state index is 13.7. The van der Waals surface area contributed by atoms with Gasteiger partial charge >= 0.3 is 0 Å². The number of carbonyl (C=O) groups excluding carboxylic acids is 1. The predicted molar refractivity (Wildman–Crippen MR) is 85.5 cm³/mol. The molecule has 126 valence electrons. The average molecular weight is 330 g/mol. The molecule has 1 aromatic heterocycles. The summed E-state index contributed by atoms with van der Waals surface area (Å²) in [6.07, 6.45) is 4.98. The number of benzene rings is 1. The van der Waals surface area contributed by atoms with Crippen molar-refractivity contribution in [1.82, 2.24) is 9.47 Å². The normalized spacial score (nSPS) is 19.8. The van der Waals surface area contributed by atoms with Crippen LogP contribution in [-0.4, -0.2) is 47.5 Å². The fourth-order valence-corrected chi connectivity index (χ4v) is 3.41. The number of likely N-dealkylation sites (tertiary alicyclic amines) is 1. The molecule has 0 aliphatic carbocycles. The number of ether oxygens (including phenoxy) is 2. The number of nitrogens with zero attached hydrogens (tertiary/aromatic N) is 2. The van der Waals surface area contributed by atoms with Crippen LogP contribution in [-0.2, 0) is 9.47 Å². The Bertz CT molecular complexity index is 729. The molecule has 0 saturated carbocycles.